The van der Waals surface area contributed by atoms with Gasteiger partial charge in [0.1, 0.15) is 12.1 Å². The van der Waals surface area contributed by atoms with Crippen LogP contribution >= 0.6 is 0 Å². The van der Waals surface area contributed by atoms with E-state index in [2.05, 4.69) is 33.7 Å². The number of carbonyl (C=O) groups is 1. The van der Waals surface area contributed by atoms with Gasteiger partial charge >= 0.3 is 0 Å². The quantitative estimate of drug-likeness (QED) is 0.651. The lowest BCUT2D eigenvalue weighted by Crippen LogP contribution is -2.43. The lowest BCUT2D eigenvalue weighted by Gasteiger charge is -2.33. The molecule has 3 aromatic rings. The summed E-state index contributed by atoms with van der Waals surface area (Å²) in [4.78, 5) is 28.1. The summed E-state index contributed by atoms with van der Waals surface area (Å²) in [5, 5.41) is 9.13. The average molecular weight is 410 g/mol. The number of hydrogen-bond acceptors (Lipinski definition) is 4. The molecule has 1 aliphatic rings. The van der Waals surface area contributed by atoms with E-state index in [-0.39, 0.29) is 18.0 Å². The van der Waals surface area contributed by atoms with Gasteiger partial charge in [0.05, 0.1) is 6.20 Å². The van der Waals surface area contributed by atoms with Crippen LogP contribution in [0.4, 0.5) is 0 Å². The van der Waals surface area contributed by atoms with Crippen molar-refractivity contribution in [2.45, 2.75) is 58.7 Å². The van der Waals surface area contributed by atoms with E-state index in [0.717, 1.165) is 42.3 Å². The van der Waals surface area contributed by atoms with Crippen LogP contribution in [0.1, 0.15) is 39.5 Å². The normalized spacial score (nSPS) is 17.6. The van der Waals surface area contributed by atoms with Crippen LogP contribution in [0.25, 0.3) is 21.8 Å². The van der Waals surface area contributed by atoms with Crippen molar-refractivity contribution >= 4 is 27.7 Å². The van der Waals surface area contributed by atoms with E-state index >= 15 is 0 Å². The van der Waals surface area contributed by atoms with Gasteiger partial charge in [-0.05, 0) is 38.8 Å². The minimum atomic E-state index is -0.211. The van der Waals surface area contributed by atoms with Crippen molar-refractivity contribution < 1.29 is 4.79 Å². The number of benzene rings is 1. The summed E-state index contributed by atoms with van der Waals surface area (Å²) in [6.45, 7) is 7.57. The van der Waals surface area contributed by atoms with Gasteiger partial charge in [-0.25, -0.2) is 4.68 Å². The fraction of sp³-hybridized carbons (Fsp3) is 0.522. The standard InChI is InChI=1S/C23H31N5O2/c1-3-12-27-20-10-5-4-9-18(20)19-15-25-28(23(30)22(19)27)16-21(29)24-11-14-26-13-7-6-8-17(26)2/h4-5,9-10,15,17H,3,6-8,11-14,16H2,1-2H3,(H,24,29)/t17-/m0/s1. The molecule has 1 saturated heterocycles. The number of amides is 1. The van der Waals surface area contributed by atoms with E-state index in [4.69, 9.17) is 0 Å². The van der Waals surface area contributed by atoms with Gasteiger partial charge < -0.3 is 9.88 Å². The highest BCUT2D eigenvalue weighted by Crippen LogP contribution is 2.26. The largest absolute Gasteiger partial charge is 0.353 e. The lowest BCUT2D eigenvalue weighted by molar-refractivity contribution is -0.122. The molecule has 1 N–H and O–H groups in total. The van der Waals surface area contributed by atoms with Crippen molar-refractivity contribution in [3.63, 3.8) is 0 Å². The van der Waals surface area contributed by atoms with Crippen LogP contribution in [-0.4, -0.2) is 50.8 Å². The summed E-state index contributed by atoms with van der Waals surface area (Å²) in [5.41, 5.74) is 1.45. The first-order valence-electron chi connectivity index (χ1n) is 11.1. The molecule has 1 fully saturated rings. The van der Waals surface area contributed by atoms with Gasteiger partial charge in [-0.2, -0.15) is 5.10 Å². The van der Waals surface area contributed by atoms with Crippen molar-refractivity contribution in [2.24, 2.45) is 0 Å². The molecule has 1 aromatic carbocycles. The first-order valence-corrected chi connectivity index (χ1v) is 11.1. The third-order valence-electron chi connectivity index (χ3n) is 6.18. The van der Waals surface area contributed by atoms with Crippen LogP contribution in [0, 0.1) is 0 Å². The predicted molar refractivity (Wildman–Crippen MR) is 120 cm³/mol. The fourth-order valence-corrected chi connectivity index (χ4v) is 4.58. The SMILES string of the molecule is CCCn1c2ccccc2c2cnn(CC(=O)NCCN3CCCC[C@@H]3C)c(=O)c21. The Morgan fingerprint density at radius 1 is 1.20 bits per heavy atom. The second-order valence-corrected chi connectivity index (χ2v) is 8.27. The highest BCUT2D eigenvalue weighted by Gasteiger charge is 2.19. The van der Waals surface area contributed by atoms with Crippen molar-refractivity contribution in [3.8, 4) is 0 Å². The molecule has 30 heavy (non-hydrogen) atoms. The summed E-state index contributed by atoms with van der Waals surface area (Å²) >= 11 is 0. The second-order valence-electron chi connectivity index (χ2n) is 8.27. The smallest absolute Gasteiger partial charge is 0.291 e. The third-order valence-corrected chi connectivity index (χ3v) is 6.18. The maximum atomic E-state index is 13.2. The van der Waals surface area contributed by atoms with E-state index in [0.29, 0.717) is 18.1 Å². The van der Waals surface area contributed by atoms with Gasteiger partial charge in [-0.3, -0.25) is 14.5 Å². The molecule has 160 valence electrons. The van der Waals surface area contributed by atoms with Crippen molar-refractivity contribution in [2.75, 3.05) is 19.6 Å². The number of fused-ring (bicyclic) bond motifs is 3. The average Bonchev–Trinajstić information content (AvgIpc) is 3.06. The van der Waals surface area contributed by atoms with Crippen LogP contribution in [0.2, 0.25) is 0 Å². The summed E-state index contributed by atoms with van der Waals surface area (Å²) in [6.07, 6.45) is 6.37. The molecule has 0 spiro atoms. The van der Waals surface area contributed by atoms with E-state index in [1.165, 1.54) is 23.9 Å². The van der Waals surface area contributed by atoms with Gasteiger partial charge in [-0.1, -0.05) is 31.5 Å². The zero-order valence-corrected chi connectivity index (χ0v) is 17.9. The van der Waals surface area contributed by atoms with Gasteiger partial charge in [0.25, 0.3) is 5.56 Å². The molecule has 1 aliphatic heterocycles. The first-order chi connectivity index (χ1) is 14.6. The third kappa shape index (κ3) is 3.99. The highest BCUT2D eigenvalue weighted by atomic mass is 16.2. The number of carbonyl (C=O) groups excluding carboxylic acids is 1. The molecule has 0 aliphatic carbocycles. The molecule has 0 saturated carbocycles. The Labute approximate surface area is 176 Å². The number of nitrogens with one attached hydrogen (secondary N) is 1. The molecule has 0 radical (unpaired) electrons. The Bertz CT molecular complexity index is 1100. The van der Waals surface area contributed by atoms with Gasteiger partial charge in [0, 0.05) is 42.0 Å². The number of hydrogen-bond donors (Lipinski definition) is 1. The van der Waals surface area contributed by atoms with Crippen LogP contribution in [-0.2, 0) is 17.9 Å². The van der Waals surface area contributed by atoms with Crippen molar-refractivity contribution in [1.29, 1.82) is 0 Å². The Morgan fingerprint density at radius 3 is 2.83 bits per heavy atom. The summed E-state index contributed by atoms with van der Waals surface area (Å²) < 4.78 is 3.34. The van der Waals surface area contributed by atoms with Crippen LogP contribution < -0.4 is 10.9 Å². The van der Waals surface area contributed by atoms with E-state index in [1.807, 2.05) is 24.3 Å². The second kappa shape index (κ2) is 9.00. The zero-order valence-electron chi connectivity index (χ0n) is 17.9. The Kier molecular flexibility index (Phi) is 6.18. The van der Waals surface area contributed by atoms with Crippen LogP contribution in [0.15, 0.2) is 35.3 Å². The molecule has 0 unspecified atom stereocenters. The number of likely N-dealkylation sites (tertiary alicyclic amines) is 1. The molecule has 3 heterocycles. The van der Waals surface area contributed by atoms with E-state index in [9.17, 15) is 9.59 Å². The summed E-state index contributed by atoms with van der Waals surface area (Å²) in [6, 6.07) is 8.57. The molecule has 7 nitrogen and oxygen atoms in total. The van der Waals surface area contributed by atoms with Crippen LogP contribution in [0.3, 0.4) is 0 Å². The Morgan fingerprint density at radius 2 is 2.03 bits per heavy atom. The Hall–Kier alpha value is -2.67. The number of aromatic nitrogens is 3. The topological polar surface area (TPSA) is 72.2 Å². The zero-order chi connectivity index (χ0) is 21.1. The number of nitrogens with zero attached hydrogens (tertiary/aromatic N) is 4. The summed E-state index contributed by atoms with van der Waals surface area (Å²) in [5.74, 6) is -0.174. The van der Waals surface area contributed by atoms with Crippen molar-refractivity contribution in [1.82, 2.24) is 24.6 Å². The molecule has 0 bridgehead atoms. The number of aryl methyl sites for hydroxylation is 1. The molecular weight excluding hydrogens is 378 g/mol. The monoisotopic (exact) mass is 409 g/mol. The van der Waals surface area contributed by atoms with Gasteiger partial charge in [0.2, 0.25) is 5.91 Å². The minimum Gasteiger partial charge on any atom is -0.353 e. The van der Waals surface area contributed by atoms with E-state index in [1.54, 1.807) is 6.20 Å². The minimum absolute atomic E-state index is 0.0576. The number of piperidine rings is 1. The molecule has 7 heteroatoms. The maximum Gasteiger partial charge on any atom is 0.291 e. The maximum absolute atomic E-state index is 13.2. The predicted octanol–water partition coefficient (Wildman–Crippen LogP) is 2.75. The number of rotatable bonds is 7. The van der Waals surface area contributed by atoms with Gasteiger partial charge in [0.15, 0.2) is 0 Å². The molecule has 1 atom stereocenters. The molecule has 1 amide bonds. The van der Waals surface area contributed by atoms with Gasteiger partial charge in [-0.15, -0.1) is 0 Å². The molecule has 2 aromatic heterocycles. The van der Waals surface area contributed by atoms with E-state index < -0.39 is 0 Å². The molecular formula is C23H31N5O2. The first kappa shape index (κ1) is 20.6. The lowest BCUT2D eigenvalue weighted by atomic mass is 10.0. The van der Waals surface area contributed by atoms with Crippen molar-refractivity contribution in [3.05, 3.63) is 40.8 Å². The Balaban J connectivity index is 1.51. The summed E-state index contributed by atoms with van der Waals surface area (Å²) in [7, 11) is 0. The fourth-order valence-electron chi connectivity index (χ4n) is 4.58. The van der Waals surface area contributed by atoms with Crippen LogP contribution in [0.5, 0.6) is 0 Å². The molecule has 4 rings (SSSR count). The highest BCUT2D eigenvalue weighted by molar-refractivity contribution is 6.07. The number of para-hydroxylation sites is 1.